The molecule has 2 aromatic rings. The summed E-state index contributed by atoms with van der Waals surface area (Å²) in [6.07, 6.45) is 3.38. The number of carbonyl (C=O) groups excluding carboxylic acids is 3. The fourth-order valence-corrected chi connectivity index (χ4v) is 4.66. The molecule has 0 aliphatic carbocycles. The summed E-state index contributed by atoms with van der Waals surface area (Å²) in [5, 5.41) is 13.9. The molecule has 1 aromatic heterocycles. The molecule has 0 bridgehead atoms. The van der Waals surface area contributed by atoms with E-state index in [2.05, 4.69) is 10.6 Å². The van der Waals surface area contributed by atoms with Crippen molar-refractivity contribution in [1.82, 2.24) is 16.1 Å². The maximum Gasteiger partial charge on any atom is 0.356 e. The van der Waals surface area contributed by atoms with Gasteiger partial charge in [-0.05, 0) is 50.1 Å². The van der Waals surface area contributed by atoms with Crippen molar-refractivity contribution in [2.75, 3.05) is 13.3 Å². The first kappa shape index (κ1) is 31.0. The summed E-state index contributed by atoms with van der Waals surface area (Å²) in [5.41, 5.74) is 1.93. The van der Waals surface area contributed by atoms with Gasteiger partial charge in [-0.25, -0.2) is 5.48 Å². The van der Waals surface area contributed by atoms with E-state index >= 15 is 0 Å². The van der Waals surface area contributed by atoms with Crippen LogP contribution in [0.5, 0.6) is 5.75 Å². The van der Waals surface area contributed by atoms with Gasteiger partial charge in [-0.3, -0.25) is 24.2 Å². The van der Waals surface area contributed by atoms with Crippen LogP contribution in [0, 0.1) is 11.8 Å². The molecule has 6 N–H and O–H groups in total. The molecule has 0 saturated carbocycles. The summed E-state index contributed by atoms with van der Waals surface area (Å²) in [5.74, 6) is -2.73. The van der Waals surface area contributed by atoms with Crippen LogP contribution in [-0.4, -0.2) is 46.0 Å². The second kappa shape index (κ2) is 14.7. The lowest BCUT2D eigenvalue weighted by molar-refractivity contribution is -0.140. The van der Waals surface area contributed by atoms with Crippen LogP contribution in [0.1, 0.15) is 63.4 Å². The zero-order chi connectivity index (χ0) is 28.3. The minimum absolute atomic E-state index is 0.0839. The third kappa shape index (κ3) is 8.70. The van der Waals surface area contributed by atoms with Crippen molar-refractivity contribution in [3.63, 3.8) is 0 Å². The monoisotopic (exact) mass is 553 g/mol. The van der Waals surface area contributed by atoms with Gasteiger partial charge in [0.25, 0.3) is 5.91 Å². The number of nitrogens with one attached hydrogen (secondary N) is 3. The van der Waals surface area contributed by atoms with Crippen molar-refractivity contribution >= 4 is 30.6 Å². The quantitative estimate of drug-likeness (QED) is 0.0634. The van der Waals surface area contributed by atoms with Gasteiger partial charge in [0.2, 0.25) is 11.8 Å². The number of rotatable bonds is 15. The van der Waals surface area contributed by atoms with Crippen molar-refractivity contribution in [3.05, 3.63) is 36.1 Å². The maximum absolute atomic E-state index is 12.8. The van der Waals surface area contributed by atoms with E-state index in [1.165, 1.54) is 30.3 Å². The van der Waals surface area contributed by atoms with Gasteiger partial charge in [0, 0.05) is 11.5 Å². The highest BCUT2D eigenvalue weighted by Gasteiger charge is 2.32. The van der Waals surface area contributed by atoms with Crippen LogP contribution in [0.15, 0.2) is 34.7 Å². The lowest BCUT2D eigenvalue weighted by Gasteiger charge is -2.24. The number of unbranched alkanes of at least 4 members (excludes halogenated alkanes) is 2. The van der Waals surface area contributed by atoms with Crippen LogP contribution in [0.4, 0.5) is 0 Å². The van der Waals surface area contributed by atoms with E-state index in [4.69, 9.17) is 14.4 Å². The molecule has 210 valence electrons. The number of benzene rings is 1. The van der Waals surface area contributed by atoms with E-state index < -0.39 is 37.2 Å². The van der Waals surface area contributed by atoms with Gasteiger partial charge in [0.15, 0.2) is 5.76 Å². The van der Waals surface area contributed by atoms with Crippen LogP contribution < -0.4 is 26.2 Å². The smallest absolute Gasteiger partial charge is 0.356 e. The molecule has 0 fully saturated rings. The Balaban J connectivity index is 2.08. The lowest BCUT2D eigenvalue weighted by Crippen LogP contribution is -2.44. The molecule has 2 atom stereocenters. The van der Waals surface area contributed by atoms with E-state index in [0.29, 0.717) is 18.4 Å². The van der Waals surface area contributed by atoms with Crippen molar-refractivity contribution in [1.29, 1.82) is 0 Å². The molecular weight excluding hydrogens is 517 g/mol. The standard InChI is InChI=1S/C25H36N3O9P/c1-4-7-8-9-20(19(5-2)24(30)28-32)23(29)26-15-27-25(31)22-11-10-21(37-22)16-12-17(36-6-3)14-18(13-16)38(33,34)35/h10-14,19-20,32H,4-9,15H2,1-3H3,(H,26,29)(H,27,31)(H,28,30)(H2,33,34,35)/t19-,20-/m1/s1. The van der Waals surface area contributed by atoms with Crippen molar-refractivity contribution in [2.24, 2.45) is 11.8 Å². The summed E-state index contributed by atoms with van der Waals surface area (Å²) in [6.45, 7) is 5.56. The second-order valence-corrected chi connectivity index (χ2v) is 10.3. The van der Waals surface area contributed by atoms with Crippen molar-refractivity contribution in [3.8, 4) is 17.1 Å². The van der Waals surface area contributed by atoms with Gasteiger partial charge < -0.3 is 29.6 Å². The van der Waals surface area contributed by atoms with Crippen LogP contribution in [0.2, 0.25) is 0 Å². The third-order valence-corrected chi connectivity index (χ3v) is 6.92. The Morgan fingerprint density at radius 1 is 1.00 bits per heavy atom. The van der Waals surface area contributed by atoms with Gasteiger partial charge in [0.05, 0.1) is 24.5 Å². The van der Waals surface area contributed by atoms with Gasteiger partial charge in [-0.2, -0.15) is 0 Å². The first-order valence-corrected chi connectivity index (χ1v) is 14.1. The molecule has 38 heavy (non-hydrogen) atoms. The number of hydrogen-bond donors (Lipinski definition) is 6. The van der Waals surface area contributed by atoms with Crippen LogP contribution in [0.25, 0.3) is 11.3 Å². The Morgan fingerprint density at radius 2 is 1.74 bits per heavy atom. The number of carbonyl (C=O) groups is 3. The lowest BCUT2D eigenvalue weighted by atomic mass is 9.84. The van der Waals surface area contributed by atoms with Crippen LogP contribution >= 0.6 is 7.60 Å². The van der Waals surface area contributed by atoms with E-state index in [1.54, 1.807) is 19.3 Å². The zero-order valence-corrected chi connectivity index (χ0v) is 22.6. The highest BCUT2D eigenvalue weighted by atomic mass is 31.2. The summed E-state index contributed by atoms with van der Waals surface area (Å²) in [7, 11) is -4.57. The van der Waals surface area contributed by atoms with E-state index in [-0.39, 0.29) is 35.9 Å². The fourth-order valence-electron chi connectivity index (χ4n) is 4.05. The van der Waals surface area contributed by atoms with E-state index in [0.717, 1.165) is 19.3 Å². The molecule has 0 aliphatic rings. The normalized spacial score (nSPS) is 12.9. The van der Waals surface area contributed by atoms with Crippen LogP contribution in [0.3, 0.4) is 0 Å². The zero-order valence-electron chi connectivity index (χ0n) is 21.7. The van der Waals surface area contributed by atoms with Crippen molar-refractivity contribution < 1.29 is 43.1 Å². The van der Waals surface area contributed by atoms with Gasteiger partial charge in [-0.15, -0.1) is 0 Å². The van der Waals surface area contributed by atoms with Gasteiger partial charge in [-0.1, -0.05) is 33.1 Å². The number of hydrogen-bond acceptors (Lipinski definition) is 7. The molecule has 0 unspecified atom stereocenters. The molecule has 0 radical (unpaired) electrons. The topological polar surface area (TPSA) is 187 Å². The first-order valence-electron chi connectivity index (χ1n) is 12.5. The second-order valence-electron chi connectivity index (χ2n) is 8.67. The van der Waals surface area contributed by atoms with Crippen LogP contribution in [-0.2, 0) is 14.2 Å². The SMILES string of the molecule is CCCCC[C@@H](C(=O)NCNC(=O)c1ccc(-c2cc(OCC)cc(P(=O)(O)O)c2)o1)[C@@H](CC)C(=O)NO. The minimum atomic E-state index is -4.57. The average Bonchev–Trinajstić information content (AvgIpc) is 3.38. The Kier molecular flexibility index (Phi) is 12.0. The molecule has 12 nitrogen and oxygen atoms in total. The number of ether oxygens (including phenoxy) is 1. The largest absolute Gasteiger partial charge is 0.494 e. The summed E-state index contributed by atoms with van der Waals surface area (Å²) in [6, 6.07) is 6.91. The molecule has 0 spiro atoms. The van der Waals surface area contributed by atoms with Gasteiger partial charge >= 0.3 is 7.60 Å². The summed E-state index contributed by atoms with van der Waals surface area (Å²) in [4.78, 5) is 56.6. The molecule has 2 rings (SSSR count). The van der Waals surface area contributed by atoms with Gasteiger partial charge in [0.1, 0.15) is 11.5 Å². The average molecular weight is 554 g/mol. The van der Waals surface area contributed by atoms with Crippen molar-refractivity contribution in [2.45, 2.75) is 52.9 Å². The molecule has 0 saturated heterocycles. The Morgan fingerprint density at radius 3 is 2.34 bits per heavy atom. The highest BCUT2D eigenvalue weighted by molar-refractivity contribution is 7.60. The first-order chi connectivity index (χ1) is 18.0. The minimum Gasteiger partial charge on any atom is -0.494 e. The van der Waals surface area contributed by atoms with E-state index in [9.17, 15) is 28.7 Å². The Labute approximate surface area is 221 Å². The Bertz CT molecular complexity index is 1140. The van der Waals surface area contributed by atoms with E-state index in [1.807, 2.05) is 6.92 Å². The molecule has 13 heteroatoms. The summed E-state index contributed by atoms with van der Waals surface area (Å²) >= 11 is 0. The summed E-state index contributed by atoms with van der Waals surface area (Å²) < 4.78 is 22.7. The molecule has 0 aliphatic heterocycles. The third-order valence-electron chi connectivity index (χ3n) is 5.99. The fraction of sp³-hybridized carbons (Fsp3) is 0.480. The Hall–Kier alpha value is -3.18. The highest BCUT2D eigenvalue weighted by Crippen LogP contribution is 2.37. The maximum atomic E-state index is 12.8. The molecule has 3 amide bonds. The molecule has 1 aromatic carbocycles. The predicted molar refractivity (Wildman–Crippen MR) is 139 cm³/mol. The number of furan rings is 1. The number of hydroxylamine groups is 1. The molecule has 1 heterocycles. The number of amides is 3. The molecular formula is C25H36N3O9P. The predicted octanol–water partition coefficient (Wildman–Crippen LogP) is 2.68.